The number of nitrogens with zero attached hydrogens (tertiary/aromatic N) is 3. The number of amides is 2. The van der Waals surface area contributed by atoms with E-state index in [9.17, 15) is 45.4 Å². The van der Waals surface area contributed by atoms with Crippen LogP contribution in [-0.4, -0.2) is 76.3 Å². The van der Waals surface area contributed by atoms with Crippen molar-refractivity contribution in [2.45, 2.75) is 18.4 Å². The van der Waals surface area contributed by atoms with E-state index in [4.69, 9.17) is 5.73 Å². The normalized spacial score (nSPS) is 13.1. The molecular weight excluding hydrogens is 555 g/mol. The lowest BCUT2D eigenvalue weighted by molar-refractivity contribution is -0.260. The predicted molar refractivity (Wildman–Crippen MR) is 126 cm³/mol. The number of hydrogen-bond donors (Lipinski definition) is 3. The van der Waals surface area contributed by atoms with Crippen LogP contribution >= 0.6 is 0 Å². The Labute approximate surface area is 221 Å². The van der Waals surface area contributed by atoms with Gasteiger partial charge in [0.2, 0.25) is 0 Å². The van der Waals surface area contributed by atoms with Crippen LogP contribution in [0.5, 0.6) is 5.75 Å². The zero-order chi connectivity index (χ0) is 29.7. The summed E-state index contributed by atoms with van der Waals surface area (Å²) in [5.74, 6) is -4.09. The van der Waals surface area contributed by atoms with Gasteiger partial charge in [-0.1, -0.05) is 12.1 Å². The molecule has 0 saturated heterocycles. The molecule has 0 bridgehead atoms. The summed E-state index contributed by atoms with van der Waals surface area (Å²) in [6.07, 6.45) is -4.53. The average Bonchev–Trinajstić information content (AvgIpc) is 3.27. The summed E-state index contributed by atoms with van der Waals surface area (Å²) in [5, 5.41) is 16.3. The number of para-hydroxylation sites is 1. The third kappa shape index (κ3) is 6.80. The molecular formula is C24H22F7N5O4. The minimum atomic E-state index is -5.46. The van der Waals surface area contributed by atoms with Gasteiger partial charge < -0.3 is 25.8 Å². The number of ether oxygens (including phenoxy) is 1. The number of aromatic nitrogens is 2. The van der Waals surface area contributed by atoms with Crippen molar-refractivity contribution in [3.05, 3.63) is 71.7 Å². The van der Waals surface area contributed by atoms with Crippen LogP contribution in [0.1, 0.15) is 20.7 Å². The van der Waals surface area contributed by atoms with Crippen molar-refractivity contribution in [1.82, 2.24) is 20.0 Å². The molecule has 0 aliphatic heterocycles. The van der Waals surface area contributed by atoms with E-state index in [-0.39, 0.29) is 22.0 Å². The summed E-state index contributed by atoms with van der Waals surface area (Å²) >= 11 is 0. The number of nitrogen functional groups attached to an aromatic ring is 1. The van der Waals surface area contributed by atoms with Crippen LogP contribution in [0, 0.1) is 5.82 Å². The molecule has 1 unspecified atom stereocenters. The second-order valence-corrected chi connectivity index (χ2v) is 8.33. The maximum atomic E-state index is 14.0. The number of hydrogen-bond acceptors (Lipinski definition) is 6. The fourth-order valence-corrected chi connectivity index (χ4v) is 3.57. The highest BCUT2D eigenvalue weighted by Gasteiger charge is 2.55. The lowest BCUT2D eigenvalue weighted by Crippen LogP contribution is -2.60. The van der Waals surface area contributed by atoms with Gasteiger partial charge in [0.25, 0.3) is 11.8 Å². The number of nitrogens with two attached hydrogens (primary N) is 1. The fraction of sp³-hybridized carbons (Fsp3) is 0.292. The number of rotatable bonds is 11. The van der Waals surface area contributed by atoms with Crippen LogP contribution in [-0.2, 0) is 0 Å². The van der Waals surface area contributed by atoms with Gasteiger partial charge in [-0.15, -0.1) is 0 Å². The Hall–Kier alpha value is -4.34. The topological polar surface area (TPSA) is 123 Å². The van der Waals surface area contributed by atoms with Crippen molar-refractivity contribution in [3.63, 3.8) is 0 Å². The van der Waals surface area contributed by atoms with Crippen LogP contribution < -0.4 is 15.8 Å². The quantitative estimate of drug-likeness (QED) is 0.301. The molecule has 3 rings (SSSR count). The lowest BCUT2D eigenvalue weighted by atomic mass is 10.0. The molecule has 1 atom stereocenters. The minimum absolute atomic E-state index is 0.237. The smallest absolute Gasteiger partial charge is 0.420 e. The average molecular weight is 577 g/mol. The summed E-state index contributed by atoms with van der Waals surface area (Å²) in [4.78, 5) is 25.8. The molecule has 0 saturated carbocycles. The number of benzene rings is 2. The van der Waals surface area contributed by atoms with Gasteiger partial charge in [-0.3, -0.25) is 9.59 Å². The summed E-state index contributed by atoms with van der Waals surface area (Å²) in [6, 6.07) is 9.10. The fourth-order valence-electron chi connectivity index (χ4n) is 3.57. The van der Waals surface area contributed by atoms with Crippen molar-refractivity contribution in [3.8, 4) is 11.4 Å². The van der Waals surface area contributed by atoms with Gasteiger partial charge in [0, 0.05) is 6.54 Å². The monoisotopic (exact) mass is 577 g/mol. The molecule has 0 radical (unpaired) electrons. The lowest BCUT2D eigenvalue weighted by Gasteiger charge is -2.35. The Morgan fingerprint density at radius 3 is 2.35 bits per heavy atom. The summed E-state index contributed by atoms with van der Waals surface area (Å²) in [6.45, 7) is -8.76. The molecule has 4 N–H and O–H groups in total. The summed E-state index contributed by atoms with van der Waals surface area (Å²) < 4.78 is 99.1. The number of carbonyl (C=O) groups is 2. The van der Waals surface area contributed by atoms with Crippen LogP contribution in [0.4, 0.5) is 36.6 Å². The molecule has 216 valence electrons. The van der Waals surface area contributed by atoms with E-state index in [1.54, 1.807) is 0 Å². The first kappa shape index (κ1) is 30.2. The largest absolute Gasteiger partial charge is 0.434 e. The van der Waals surface area contributed by atoms with E-state index in [0.717, 1.165) is 35.1 Å². The van der Waals surface area contributed by atoms with Gasteiger partial charge in [0.15, 0.2) is 5.60 Å². The molecule has 1 heterocycles. The summed E-state index contributed by atoms with van der Waals surface area (Å²) in [7, 11) is 0. The molecule has 40 heavy (non-hydrogen) atoms. The Kier molecular flexibility index (Phi) is 9.24. The Morgan fingerprint density at radius 1 is 1.10 bits per heavy atom. The van der Waals surface area contributed by atoms with E-state index >= 15 is 0 Å². The van der Waals surface area contributed by atoms with Gasteiger partial charge in [0.1, 0.15) is 29.6 Å². The maximum Gasteiger partial charge on any atom is 0.420 e. The molecule has 0 aliphatic carbocycles. The van der Waals surface area contributed by atoms with Crippen LogP contribution in [0.3, 0.4) is 0 Å². The molecule has 2 amide bonds. The van der Waals surface area contributed by atoms with Gasteiger partial charge in [-0.05, 0) is 36.4 Å². The number of anilines is 1. The van der Waals surface area contributed by atoms with E-state index in [0.29, 0.717) is 0 Å². The number of halogens is 7. The van der Waals surface area contributed by atoms with Gasteiger partial charge in [-0.25, -0.2) is 13.5 Å². The van der Waals surface area contributed by atoms with Crippen LogP contribution in [0.2, 0.25) is 0 Å². The molecule has 16 heteroatoms. The molecule has 0 fully saturated rings. The third-order valence-electron chi connectivity index (χ3n) is 5.62. The highest BCUT2D eigenvalue weighted by molar-refractivity contribution is 5.98. The SMILES string of the molecule is Nc1c(C(=O)NCC(O)(CN(CCF)C(=O)c2ccccc2OC(F)F)C(F)(F)F)cnn1-c1ccc(F)cc1. The summed E-state index contributed by atoms with van der Waals surface area (Å²) in [5.41, 5.74) is 1.31. The number of nitrogens with one attached hydrogen (secondary N) is 1. The molecule has 3 aromatic rings. The van der Waals surface area contributed by atoms with Gasteiger partial charge in [0.05, 0.1) is 30.5 Å². The standard InChI is InChI=1S/C24H22F7N5O4/c25-9-10-35(21(38)16-3-1-2-4-18(16)40-22(27)28)13-23(39,24(29,30)31)12-33-20(37)17-11-34-36(19(17)32)15-7-5-14(26)6-8-15/h1-8,11,22,39H,9-10,12-13,32H2,(H,33,37). The Morgan fingerprint density at radius 2 is 1.75 bits per heavy atom. The van der Waals surface area contributed by atoms with Crippen molar-refractivity contribution >= 4 is 17.6 Å². The van der Waals surface area contributed by atoms with Crippen LogP contribution in [0.25, 0.3) is 5.69 Å². The zero-order valence-corrected chi connectivity index (χ0v) is 20.3. The van der Waals surface area contributed by atoms with Crippen molar-refractivity contribution in [2.24, 2.45) is 0 Å². The second-order valence-electron chi connectivity index (χ2n) is 8.33. The molecule has 0 aliphatic rings. The first-order chi connectivity index (χ1) is 18.8. The van der Waals surface area contributed by atoms with Gasteiger partial charge >= 0.3 is 12.8 Å². The number of carbonyl (C=O) groups excluding carboxylic acids is 2. The van der Waals surface area contributed by atoms with E-state index in [1.165, 1.54) is 24.3 Å². The van der Waals surface area contributed by atoms with E-state index in [2.05, 4.69) is 9.84 Å². The second kappa shape index (κ2) is 12.2. The third-order valence-corrected chi connectivity index (χ3v) is 5.62. The van der Waals surface area contributed by atoms with E-state index < -0.39 is 73.6 Å². The van der Waals surface area contributed by atoms with Crippen molar-refractivity contribution < 1.29 is 50.2 Å². The Balaban J connectivity index is 1.83. The minimum Gasteiger partial charge on any atom is -0.434 e. The highest BCUT2D eigenvalue weighted by Crippen LogP contribution is 2.32. The van der Waals surface area contributed by atoms with Gasteiger partial charge in [-0.2, -0.15) is 27.1 Å². The first-order valence-electron chi connectivity index (χ1n) is 11.3. The highest BCUT2D eigenvalue weighted by atomic mass is 19.4. The van der Waals surface area contributed by atoms with Crippen molar-refractivity contribution in [2.75, 3.05) is 32.0 Å². The molecule has 0 spiro atoms. The number of aliphatic hydroxyl groups is 1. The predicted octanol–water partition coefficient (Wildman–Crippen LogP) is 3.33. The maximum absolute atomic E-state index is 14.0. The molecule has 9 nitrogen and oxygen atoms in total. The zero-order valence-electron chi connectivity index (χ0n) is 20.3. The first-order valence-corrected chi connectivity index (χ1v) is 11.3. The van der Waals surface area contributed by atoms with Crippen molar-refractivity contribution in [1.29, 1.82) is 0 Å². The Bertz CT molecular complexity index is 1330. The molecule has 1 aromatic heterocycles. The molecule has 2 aromatic carbocycles. The number of alkyl halides is 6. The van der Waals surface area contributed by atoms with Crippen LogP contribution in [0.15, 0.2) is 54.7 Å². The van der Waals surface area contributed by atoms with E-state index in [1.807, 2.05) is 5.32 Å².